The summed E-state index contributed by atoms with van der Waals surface area (Å²) < 4.78 is 0. The third-order valence-corrected chi connectivity index (χ3v) is 1.42. The van der Waals surface area contributed by atoms with E-state index >= 15 is 0 Å². The van der Waals surface area contributed by atoms with Crippen LogP contribution in [0.1, 0.15) is 26.2 Å². The van der Waals surface area contributed by atoms with E-state index in [9.17, 15) is 4.79 Å². The Morgan fingerprint density at radius 3 is 3.18 bits per heavy atom. The molecule has 0 bridgehead atoms. The highest BCUT2D eigenvalue weighted by Gasteiger charge is 2.11. The number of rotatable bonds is 3. The maximum atomic E-state index is 10.7. The molecular formula is C7H12N2O2. The van der Waals surface area contributed by atoms with Crippen molar-refractivity contribution in [2.24, 2.45) is 5.16 Å². The number of carbonyl (C=O) groups is 1. The number of unbranched alkanes of at least 4 members (excludes halogenated alkanes) is 1. The SMILES string of the molecule is CCCCC1=NOCC(=O)N1. The molecule has 1 rings (SSSR count). The first-order valence-corrected chi connectivity index (χ1v) is 3.81. The first kappa shape index (κ1) is 8.04. The molecule has 62 valence electrons. The van der Waals surface area contributed by atoms with E-state index in [-0.39, 0.29) is 12.5 Å². The summed E-state index contributed by atoms with van der Waals surface area (Å²) in [6, 6.07) is 0. The maximum Gasteiger partial charge on any atom is 0.266 e. The molecule has 4 heteroatoms. The maximum absolute atomic E-state index is 10.7. The Balaban J connectivity index is 2.32. The Kier molecular flexibility index (Phi) is 2.89. The molecule has 0 aromatic rings. The lowest BCUT2D eigenvalue weighted by Gasteiger charge is -2.11. The topological polar surface area (TPSA) is 50.7 Å². The molecule has 0 unspecified atom stereocenters. The van der Waals surface area contributed by atoms with Crippen LogP contribution in [0.25, 0.3) is 0 Å². The van der Waals surface area contributed by atoms with Crippen LogP contribution in [-0.2, 0) is 9.63 Å². The van der Waals surface area contributed by atoms with Gasteiger partial charge in [-0.15, -0.1) is 0 Å². The van der Waals surface area contributed by atoms with Crippen molar-refractivity contribution in [3.63, 3.8) is 0 Å². The normalized spacial score (nSPS) is 16.8. The molecule has 11 heavy (non-hydrogen) atoms. The lowest BCUT2D eigenvalue weighted by molar-refractivity contribution is -0.125. The van der Waals surface area contributed by atoms with Crippen molar-refractivity contribution >= 4 is 11.7 Å². The molecule has 4 nitrogen and oxygen atoms in total. The molecule has 0 aromatic heterocycles. The molecule has 0 saturated heterocycles. The van der Waals surface area contributed by atoms with Crippen molar-refractivity contribution < 1.29 is 9.63 Å². The summed E-state index contributed by atoms with van der Waals surface area (Å²) in [6.45, 7) is 2.14. The predicted octanol–water partition coefficient (Wildman–Crippen LogP) is 0.637. The van der Waals surface area contributed by atoms with Crippen LogP contribution in [0.2, 0.25) is 0 Å². The highest BCUT2D eigenvalue weighted by molar-refractivity contribution is 5.99. The Morgan fingerprint density at radius 2 is 2.55 bits per heavy atom. The molecule has 0 atom stereocenters. The predicted molar refractivity (Wildman–Crippen MR) is 41.1 cm³/mol. The van der Waals surface area contributed by atoms with Gasteiger partial charge < -0.3 is 10.2 Å². The zero-order chi connectivity index (χ0) is 8.10. The molecule has 1 N–H and O–H groups in total. The molecule has 0 aliphatic carbocycles. The highest BCUT2D eigenvalue weighted by atomic mass is 16.6. The van der Waals surface area contributed by atoms with Crippen LogP contribution in [-0.4, -0.2) is 18.3 Å². The van der Waals surface area contributed by atoms with E-state index in [4.69, 9.17) is 0 Å². The molecule has 1 amide bonds. The fourth-order valence-electron chi connectivity index (χ4n) is 0.841. The first-order chi connectivity index (χ1) is 5.33. The summed E-state index contributed by atoms with van der Waals surface area (Å²) in [6.07, 6.45) is 2.92. The quantitative estimate of drug-likeness (QED) is 0.651. The third-order valence-electron chi connectivity index (χ3n) is 1.42. The molecule has 1 aliphatic rings. The van der Waals surface area contributed by atoms with Crippen molar-refractivity contribution in [1.82, 2.24) is 5.32 Å². The van der Waals surface area contributed by atoms with Crippen molar-refractivity contribution in [2.45, 2.75) is 26.2 Å². The van der Waals surface area contributed by atoms with Crippen LogP contribution in [0, 0.1) is 0 Å². The zero-order valence-electron chi connectivity index (χ0n) is 6.59. The number of amidine groups is 1. The highest BCUT2D eigenvalue weighted by Crippen LogP contribution is 1.98. The van der Waals surface area contributed by atoms with Crippen LogP contribution >= 0.6 is 0 Å². The van der Waals surface area contributed by atoms with Gasteiger partial charge in [-0.2, -0.15) is 0 Å². The molecule has 0 fully saturated rings. The average Bonchev–Trinajstić information content (AvgIpc) is 2.01. The van der Waals surface area contributed by atoms with Crippen LogP contribution in [0.3, 0.4) is 0 Å². The summed E-state index contributed by atoms with van der Waals surface area (Å²) >= 11 is 0. The molecule has 1 heterocycles. The summed E-state index contributed by atoms with van der Waals surface area (Å²) in [5.41, 5.74) is 0. The number of amides is 1. The summed E-state index contributed by atoms with van der Waals surface area (Å²) in [5.74, 6) is 0.550. The van der Waals surface area contributed by atoms with Gasteiger partial charge in [0.05, 0.1) is 0 Å². The lowest BCUT2D eigenvalue weighted by Crippen LogP contribution is -2.37. The summed E-state index contributed by atoms with van der Waals surface area (Å²) in [4.78, 5) is 15.4. The van der Waals surface area contributed by atoms with E-state index in [1.807, 2.05) is 0 Å². The van der Waals surface area contributed by atoms with Crippen LogP contribution in [0.15, 0.2) is 5.16 Å². The van der Waals surface area contributed by atoms with Crippen LogP contribution in [0.4, 0.5) is 0 Å². The second-order valence-corrected chi connectivity index (χ2v) is 2.46. The minimum absolute atomic E-state index is 0.0512. The Bertz CT molecular complexity index is 177. The lowest BCUT2D eigenvalue weighted by atomic mass is 10.2. The average molecular weight is 156 g/mol. The third kappa shape index (κ3) is 2.57. The Morgan fingerprint density at radius 1 is 1.73 bits per heavy atom. The minimum atomic E-state index is -0.105. The second-order valence-electron chi connectivity index (χ2n) is 2.46. The van der Waals surface area contributed by atoms with Gasteiger partial charge in [-0.1, -0.05) is 18.5 Å². The number of oxime groups is 1. The Labute approximate surface area is 65.6 Å². The zero-order valence-corrected chi connectivity index (χ0v) is 6.59. The van der Waals surface area contributed by atoms with E-state index in [1.165, 1.54) is 0 Å². The number of carbonyl (C=O) groups excluding carboxylic acids is 1. The van der Waals surface area contributed by atoms with Gasteiger partial charge in [0.15, 0.2) is 6.61 Å². The molecule has 0 spiro atoms. The van der Waals surface area contributed by atoms with Gasteiger partial charge in [-0.25, -0.2) is 0 Å². The summed E-state index contributed by atoms with van der Waals surface area (Å²) in [5, 5.41) is 6.34. The van der Waals surface area contributed by atoms with Gasteiger partial charge in [-0.05, 0) is 6.42 Å². The monoisotopic (exact) mass is 156 g/mol. The fourth-order valence-corrected chi connectivity index (χ4v) is 0.841. The van der Waals surface area contributed by atoms with E-state index < -0.39 is 0 Å². The minimum Gasteiger partial charge on any atom is -0.384 e. The number of hydrogen-bond donors (Lipinski definition) is 1. The molecule has 0 aromatic carbocycles. The van der Waals surface area contributed by atoms with Crippen molar-refractivity contribution in [3.05, 3.63) is 0 Å². The molecular weight excluding hydrogens is 144 g/mol. The van der Waals surface area contributed by atoms with Crippen molar-refractivity contribution in [3.8, 4) is 0 Å². The van der Waals surface area contributed by atoms with E-state index in [2.05, 4.69) is 22.2 Å². The van der Waals surface area contributed by atoms with Crippen molar-refractivity contribution in [2.75, 3.05) is 6.61 Å². The Hall–Kier alpha value is -1.06. The standard InChI is InChI=1S/C7H12N2O2/c1-2-3-4-6-8-7(10)5-11-9-6/h2-5H2,1H3,(H,8,9,10). The molecule has 0 radical (unpaired) electrons. The van der Waals surface area contributed by atoms with Crippen LogP contribution < -0.4 is 5.32 Å². The van der Waals surface area contributed by atoms with Gasteiger partial charge in [0, 0.05) is 6.42 Å². The number of nitrogens with one attached hydrogen (secondary N) is 1. The van der Waals surface area contributed by atoms with Gasteiger partial charge in [-0.3, -0.25) is 4.79 Å². The van der Waals surface area contributed by atoms with Gasteiger partial charge in [0.25, 0.3) is 5.91 Å². The summed E-state index contributed by atoms with van der Waals surface area (Å²) in [7, 11) is 0. The number of nitrogens with zero attached hydrogens (tertiary/aromatic N) is 1. The fraction of sp³-hybridized carbons (Fsp3) is 0.714. The second kappa shape index (κ2) is 3.95. The molecule has 1 aliphatic heterocycles. The van der Waals surface area contributed by atoms with Gasteiger partial charge >= 0.3 is 0 Å². The van der Waals surface area contributed by atoms with Crippen molar-refractivity contribution in [1.29, 1.82) is 0 Å². The largest absolute Gasteiger partial charge is 0.384 e. The van der Waals surface area contributed by atoms with Crippen LogP contribution in [0.5, 0.6) is 0 Å². The van der Waals surface area contributed by atoms with E-state index in [0.29, 0.717) is 5.84 Å². The smallest absolute Gasteiger partial charge is 0.266 e. The van der Waals surface area contributed by atoms with Gasteiger partial charge in [0.1, 0.15) is 5.84 Å². The van der Waals surface area contributed by atoms with Gasteiger partial charge in [0.2, 0.25) is 0 Å². The van der Waals surface area contributed by atoms with E-state index in [1.54, 1.807) is 0 Å². The first-order valence-electron chi connectivity index (χ1n) is 3.81. The van der Waals surface area contributed by atoms with E-state index in [0.717, 1.165) is 19.3 Å². The molecule has 0 saturated carbocycles. The number of hydrogen-bond acceptors (Lipinski definition) is 3.